The molecule has 0 aliphatic carbocycles. The van der Waals surface area contributed by atoms with Crippen molar-refractivity contribution >= 4 is 5.69 Å². The van der Waals surface area contributed by atoms with Crippen LogP contribution >= 0.6 is 0 Å². The lowest BCUT2D eigenvalue weighted by molar-refractivity contribution is 0.497. The van der Waals surface area contributed by atoms with Gasteiger partial charge < -0.3 is 4.90 Å². The molecule has 0 aromatic heterocycles. The van der Waals surface area contributed by atoms with Crippen LogP contribution in [0.1, 0.15) is 26.3 Å². The zero-order chi connectivity index (χ0) is 12.2. The molecule has 1 aromatic carbocycles. The van der Waals surface area contributed by atoms with Crippen LogP contribution in [-0.2, 0) is 6.42 Å². The molecule has 0 amide bonds. The molecule has 2 heteroatoms. The molecule has 0 saturated heterocycles. The summed E-state index contributed by atoms with van der Waals surface area (Å²) >= 11 is 0. The average Bonchev–Trinajstić information content (AvgIpc) is 2.28. The second-order valence-corrected chi connectivity index (χ2v) is 4.87. The van der Waals surface area contributed by atoms with Gasteiger partial charge in [0.05, 0.1) is 11.5 Å². The number of nitrogens with zero attached hydrogens (tertiary/aromatic N) is 2. The van der Waals surface area contributed by atoms with Crippen LogP contribution in [0.15, 0.2) is 24.3 Å². The van der Waals surface area contributed by atoms with E-state index in [2.05, 4.69) is 42.2 Å². The van der Waals surface area contributed by atoms with E-state index in [9.17, 15) is 0 Å². The highest BCUT2D eigenvalue weighted by atomic mass is 15.1. The Labute approximate surface area is 98.5 Å². The van der Waals surface area contributed by atoms with Gasteiger partial charge in [0.15, 0.2) is 0 Å². The third-order valence-corrected chi connectivity index (χ3v) is 2.72. The van der Waals surface area contributed by atoms with E-state index >= 15 is 0 Å². The SMILES string of the molecule is CCc1ccc(N(C)CC(C)(C)C#N)cc1. The van der Waals surface area contributed by atoms with Crippen molar-refractivity contribution in [2.45, 2.75) is 27.2 Å². The Morgan fingerprint density at radius 3 is 2.25 bits per heavy atom. The van der Waals surface area contributed by atoms with Crippen molar-refractivity contribution in [3.63, 3.8) is 0 Å². The minimum Gasteiger partial charge on any atom is -0.373 e. The average molecular weight is 216 g/mol. The van der Waals surface area contributed by atoms with Gasteiger partial charge in [0.1, 0.15) is 0 Å². The van der Waals surface area contributed by atoms with Gasteiger partial charge in [0.25, 0.3) is 0 Å². The van der Waals surface area contributed by atoms with E-state index in [4.69, 9.17) is 5.26 Å². The molecular formula is C14H20N2. The highest BCUT2D eigenvalue weighted by molar-refractivity contribution is 5.47. The van der Waals surface area contributed by atoms with Crippen molar-refractivity contribution in [2.24, 2.45) is 5.41 Å². The minimum absolute atomic E-state index is 0.307. The van der Waals surface area contributed by atoms with Crippen molar-refractivity contribution < 1.29 is 0 Å². The maximum Gasteiger partial charge on any atom is 0.0702 e. The molecule has 1 rings (SSSR count). The Morgan fingerprint density at radius 2 is 1.81 bits per heavy atom. The molecule has 0 radical (unpaired) electrons. The Morgan fingerprint density at radius 1 is 1.25 bits per heavy atom. The van der Waals surface area contributed by atoms with E-state index in [0.29, 0.717) is 0 Å². The van der Waals surface area contributed by atoms with Crippen molar-refractivity contribution in [3.8, 4) is 6.07 Å². The quantitative estimate of drug-likeness (QED) is 0.772. The molecule has 16 heavy (non-hydrogen) atoms. The predicted molar refractivity (Wildman–Crippen MR) is 68.5 cm³/mol. The maximum absolute atomic E-state index is 9.00. The van der Waals surface area contributed by atoms with Crippen LogP contribution in [0.25, 0.3) is 0 Å². The van der Waals surface area contributed by atoms with Gasteiger partial charge in [-0.15, -0.1) is 0 Å². The van der Waals surface area contributed by atoms with E-state index in [-0.39, 0.29) is 5.41 Å². The predicted octanol–water partition coefficient (Wildman–Crippen LogP) is 3.23. The van der Waals surface area contributed by atoms with Crippen molar-refractivity contribution in [2.75, 3.05) is 18.5 Å². The molecule has 0 bridgehead atoms. The van der Waals surface area contributed by atoms with Gasteiger partial charge in [-0.05, 0) is 38.0 Å². The van der Waals surface area contributed by atoms with E-state index in [1.54, 1.807) is 0 Å². The van der Waals surface area contributed by atoms with Gasteiger partial charge in [-0.2, -0.15) is 5.26 Å². The topological polar surface area (TPSA) is 27.0 Å². The molecule has 0 N–H and O–H groups in total. The van der Waals surface area contributed by atoms with Crippen LogP contribution in [0.2, 0.25) is 0 Å². The molecule has 1 aromatic rings. The van der Waals surface area contributed by atoms with E-state index in [1.807, 2.05) is 20.9 Å². The molecular weight excluding hydrogens is 196 g/mol. The Kier molecular flexibility index (Phi) is 3.95. The van der Waals surface area contributed by atoms with E-state index in [0.717, 1.165) is 13.0 Å². The van der Waals surface area contributed by atoms with Crippen molar-refractivity contribution in [1.82, 2.24) is 0 Å². The summed E-state index contributed by atoms with van der Waals surface area (Å²) in [6.07, 6.45) is 1.06. The molecule has 0 aliphatic heterocycles. The molecule has 0 saturated carbocycles. The van der Waals surface area contributed by atoms with E-state index in [1.165, 1.54) is 11.3 Å². The number of nitriles is 1. The number of benzene rings is 1. The summed E-state index contributed by atoms with van der Waals surface area (Å²) in [5.41, 5.74) is 2.20. The summed E-state index contributed by atoms with van der Waals surface area (Å²) in [4.78, 5) is 2.13. The van der Waals surface area contributed by atoms with E-state index < -0.39 is 0 Å². The monoisotopic (exact) mass is 216 g/mol. The second-order valence-electron chi connectivity index (χ2n) is 4.87. The Bertz CT molecular complexity index is 371. The fourth-order valence-electron chi connectivity index (χ4n) is 1.71. The number of aryl methyl sites for hydroxylation is 1. The zero-order valence-corrected chi connectivity index (χ0v) is 10.6. The molecule has 0 atom stereocenters. The van der Waals surface area contributed by atoms with Crippen molar-refractivity contribution in [3.05, 3.63) is 29.8 Å². The van der Waals surface area contributed by atoms with Crippen LogP contribution in [0.5, 0.6) is 0 Å². The molecule has 0 spiro atoms. The second kappa shape index (κ2) is 5.03. The van der Waals surface area contributed by atoms with Crippen LogP contribution in [0.3, 0.4) is 0 Å². The molecule has 0 heterocycles. The lowest BCUT2D eigenvalue weighted by Crippen LogP contribution is -2.30. The third kappa shape index (κ3) is 3.27. The highest BCUT2D eigenvalue weighted by Gasteiger charge is 2.19. The molecule has 0 fully saturated rings. The summed E-state index contributed by atoms with van der Waals surface area (Å²) in [5.74, 6) is 0. The van der Waals surface area contributed by atoms with Crippen LogP contribution in [-0.4, -0.2) is 13.6 Å². The first-order valence-corrected chi connectivity index (χ1v) is 5.70. The third-order valence-electron chi connectivity index (χ3n) is 2.72. The van der Waals surface area contributed by atoms with Gasteiger partial charge in [0.2, 0.25) is 0 Å². The largest absolute Gasteiger partial charge is 0.373 e. The first-order valence-electron chi connectivity index (χ1n) is 5.70. The fourth-order valence-corrected chi connectivity index (χ4v) is 1.71. The van der Waals surface area contributed by atoms with Crippen LogP contribution in [0, 0.1) is 16.7 Å². The molecule has 86 valence electrons. The smallest absolute Gasteiger partial charge is 0.0702 e. The summed E-state index contributed by atoms with van der Waals surface area (Å²) in [5, 5.41) is 9.00. The number of hydrogen-bond acceptors (Lipinski definition) is 2. The summed E-state index contributed by atoms with van der Waals surface area (Å²) in [7, 11) is 2.03. The number of rotatable bonds is 4. The normalized spacial score (nSPS) is 10.9. The maximum atomic E-state index is 9.00. The summed E-state index contributed by atoms with van der Waals surface area (Å²) in [6.45, 7) is 6.82. The van der Waals surface area contributed by atoms with Crippen LogP contribution < -0.4 is 4.90 Å². The van der Waals surface area contributed by atoms with Gasteiger partial charge in [0, 0.05) is 19.3 Å². The first-order chi connectivity index (χ1) is 7.48. The fraction of sp³-hybridized carbons (Fsp3) is 0.500. The zero-order valence-electron chi connectivity index (χ0n) is 10.6. The Balaban J connectivity index is 2.74. The minimum atomic E-state index is -0.307. The molecule has 0 unspecified atom stereocenters. The van der Waals surface area contributed by atoms with Gasteiger partial charge in [-0.1, -0.05) is 19.1 Å². The standard InChI is InChI=1S/C14H20N2/c1-5-12-6-8-13(9-7-12)16(4)11-14(2,3)10-15/h6-9H,5,11H2,1-4H3. The lowest BCUT2D eigenvalue weighted by Gasteiger charge is -2.26. The molecule has 2 nitrogen and oxygen atoms in total. The lowest BCUT2D eigenvalue weighted by atomic mass is 9.95. The summed E-state index contributed by atoms with van der Waals surface area (Å²) in [6, 6.07) is 10.8. The van der Waals surface area contributed by atoms with Gasteiger partial charge in [-0.3, -0.25) is 0 Å². The number of hydrogen-bond donors (Lipinski definition) is 0. The Hall–Kier alpha value is -1.49. The highest BCUT2D eigenvalue weighted by Crippen LogP contribution is 2.20. The van der Waals surface area contributed by atoms with Crippen molar-refractivity contribution in [1.29, 1.82) is 5.26 Å². The van der Waals surface area contributed by atoms with Crippen LogP contribution in [0.4, 0.5) is 5.69 Å². The van der Waals surface area contributed by atoms with Gasteiger partial charge >= 0.3 is 0 Å². The van der Waals surface area contributed by atoms with Gasteiger partial charge in [-0.25, -0.2) is 0 Å². The summed E-state index contributed by atoms with van der Waals surface area (Å²) < 4.78 is 0. The number of anilines is 1. The first kappa shape index (κ1) is 12.6. The molecule has 0 aliphatic rings.